The van der Waals surface area contributed by atoms with Crippen molar-refractivity contribution in [3.8, 4) is 17.7 Å². The van der Waals surface area contributed by atoms with E-state index in [1.165, 1.54) is 30.2 Å². The van der Waals surface area contributed by atoms with Crippen LogP contribution in [-0.2, 0) is 4.79 Å². The summed E-state index contributed by atoms with van der Waals surface area (Å²) in [5.74, 6) is 1.59. The van der Waals surface area contributed by atoms with E-state index in [-0.39, 0.29) is 23.3 Å². The lowest BCUT2D eigenvalue weighted by molar-refractivity contribution is -0.131. The maximum atomic E-state index is 12.9. The Bertz CT molecular complexity index is 1040. The van der Waals surface area contributed by atoms with E-state index in [4.69, 9.17) is 8.83 Å². The lowest BCUT2D eigenvalue weighted by atomic mass is 10.3. The fourth-order valence-electron chi connectivity index (χ4n) is 3.21. The van der Waals surface area contributed by atoms with Gasteiger partial charge in [-0.1, -0.05) is 0 Å². The second-order valence-corrected chi connectivity index (χ2v) is 7.85. The number of nitriles is 1. The second-order valence-electron chi connectivity index (χ2n) is 6.68. The lowest BCUT2D eigenvalue weighted by Gasteiger charge is -2.34. The number of hydrogen-bond acceptors (Lipinski definition) is 7. The minimum atomic E-state index is -0.268. The number of furan rings is 1. The Balaban J connectivity index is 1.30. The Labute approximate surface area is 177 Å². The fraction of sp³-hybridized carbons (Fsp3) is 0.286. The highest BCUT2D eigenvalue weighted by Crippen LogP contribution is 2.29. The first-order valence-electron chi connectivity index (χ1n) is 9.50. The third-order valence-electron chi connectivity index (χ3n) is 4.77. The van der Waals surface area contributed by atoms with Gasteiger partial charge in [-0.3, -0.25) is 4.79 Å². The number of hydrogen-bond donors (Lipinski definition) is 0. The van der Waals surface area contributed by atoms with Crippen molar-refractivity contribution in [1.82, 2.24) is 9.88 Å². The summed E-state index contributed by atoms with van der Waals surface area (Å²) in [5.41, 5.74) is 0.205. The third kappa shape index (κ3) is 4.49. The molecule has 1 aromatic carbocycles. The van der Waals surface area contributed by atoms with Gasteiger partial charge >= 0.3 is 0 Å². The van der Waals surface area contributed by atoms with E-state index in [9.17, 15) is 14.4 Å². The first-order chi connectivity index (χ1) is 14.6. The average Bonchev–Trinajstić information content (AvgIpc) is 3.45. The van der Waals surface area contributed by atoms with Crippen molar-refractivity contribution in [1.29, 1.82) is 5.26 Å². The van der Waals surface area contributed by atoms with E-state index in [0.29, 0.717) is 50.0 Å². The Morgan fingerprint density at radius 3 is 2.63 bits per heavy atom. The van der Waals surface area contributed by atoms with E-state index >= 15 is 0 Å². The summed E-state index contributed by atoms with van der Waals surface area (Å²) < 4.78 is 24.0. The molecule has 0 saturated carbocycles. The van der Waals surface area contributed by atoms with Gasteiger partial charge in [0, 0.05) is 43.2 Å². The van der Waals surface area contributed by atoms with Gasteiger partial charge in [-0.15, -0.1) is 11.8 Å². The van der Waals surface area contributed by atoms with E-state index in [1.807, 2.05) is 9.80 Å². The first kappa shape index (κ1) is 20.0. The molecule has 3 aromatic rings. The summed E-state index contributed by atoms with van der Waals surface area (Å²) in [4.78, 5) is 21.4. The number of anilines is 1. The van der Waals surface area contributed by atoms with Crippen molar-refractivity contribution >= 4 is 23.6 Å². The maximum Gasteiger partial charge on any atom is 0.266 e. The molecule has 1 aliphatic rings. The fourth-order valence-corrected chi connectivity index (χ4v) is 4.05. The van der Waals surface area contributed by atoms with E-state index in [2.05, 4.69) is 11.1 Å². The maximum absolute atomic E-state index is 12.9. The van der Waals surface area contributed by atoms with Crippen molar-refractivity contribution in [2.24, 2.45) is 0 Å². The molecule has 7 nitrogen and oxygen atoms in total. The van der Waals surface area contributed by atoms with Gasteiger partial charge in [0.2, 0.25) is 17.5 Å². The number of halogens is 1. The van der Waals surface area contributed by atoms with Gasteiger partial charge in [0.1, 0.15) is 11.9 Å². The molecule has 1 fully saturated rings. The van der Waals surface area contributed by atoms with Crippen molar-refractivity contribution < 1.29 is 18.0 Å². The van der Waals surface area contributed by atoms with Crippen LogP contribution in [0.25, 0.3) is 11.7 Å². The molecule has 2 aromatic heterocycles. The molecule has 0 N–H and O–H groups in total. The SMILES string of the molecule is N#Cc1nc(-c2ccco2)oc1N1CCN(C(=O)CCSc2ccc(F)cc2)CC1. The lowest BCUT2D eigenvalue weighted by Crippen LogP contribution is -2.49. The molecule has 0 radical (unpaired) electrons. The summed E-state index contributed by atoms with van der Waals surface area (Å²) in [7, 11) is 0. The molecule has 9 heteroatoms. The number of carbonyl (C=O) groups excluding carboxylic acids is 1. The van der Waals surface area contributed by atoms with Crippen molar-refractivity contribution in [3.63, 3.8) is 0 Å². The molecule has 0 unspecified atom stereocenters. The number of carbonyl (C=O) groups is 1. The van der Waals surface area contributed by atoms with E-state index in [1.54, 1.807) is 24.3 Å². The molecule has 1 amide bonds. The monoisotopic (exact) mass is 426 g/mol. The smallest absolute Gasteiger partial charge is 0.266 e. The number of thioether (sulfide) groups is 1. The summed E-state index contributed by atoms with van der Waals surface area (Å²) in [6.07, 6.45) is 1.93. The number of piperazine rings is 1. The Morgan fingerprint density at radius 1 is 1.20 bits per heavy atom. The van der Waals surface area contributed by atoms with Gasteiger partial charge in [0.25, 0.3) is 5.89 Å². The topological polar surface area (TPSA) is 86.5 Å². The summed E-state index contributed by atoms with van der Waals surface area (Å²) in [6, 6.07) is 11.8. The van der Waals surface area contributed by atoms with Crippen molar-refractivity contribution in [3.05, 3.63) is 54.2 Å². The van der Waals surface area contributed by atoms with Gasteiger partial charge in [0.05, 0.1) is 6.26 Å². The van der Waals surface area contributed by atoms with Gasteiger partial charge < -0.3 is 18.6 Å². The van der Waals surface area contributed by atoms with Crippen LogP contribution in [0.3, 0.4) is 0 Å². The largest absolute Gasteiger partial charge is 0.459 e. The number of oxazole rings is 1. The minimum Gasteiger partial charge on any atom is -0.459 e. The van der Waals surface area contributed by atoms with Crippen LogP contribution in [0, 0.1) is 17.1 Å². The molecule has 0 aliphatic carbocycles. The highest BCUT2D eigenvalue weighted by Gasteiger charge is 2.26. The molecule has 0 spiro atoms. The van der Waals surface area contributed by atoms with Crippen LogP contribution in [0.4, 0.5) is 10.3 Å². The zero-order valence-corrected chi connectivity index (χ0v) is 16.9. The number of rotatable bonds is 6. The van der Waals surface area contributed by atoms with Crippen LogP contribution < -0.4 is 4.90 Å². The average molecular weight is 426 g/mol. The predicted octanol–water partition coefficient (Wildman–Crippen LogP) is 3.78. The second kappa shape index (κ2) is 9.05. The number of nitrogens with zero attached hydrogens (tertiary/aromatic N) is 4. The van der Waals surface area contributed by atoms with Crippen LogP contribution in [0.1, 0.15) is 12.1 Å². The first-order valence-corrected chi connectivity index (χ1v) is 10.5. The zero-order chi connectivity index (χ0) is 20.9. The molecule has 30 heavy (non-hydrogen) atoms. The highest BCUT2D eigenvalue weighted by atomic mass is 32.2. The number of amides is 1. The van der Waals surface area contributed by atoms with Gasteiger partial charge in [0.15, 0.2) is 5.76 Å². The molecule has 0 bridgehead atoms. The Kier molecular flexibility index (Phi) is 6.05. The molecule has 1 aliphatic heterocycles. The number of aromatic nitrogens is 1. The molecule has 0 atom stereocenters. The summed E-state index contributed by atoms with van der Waals surface area (Å²) in [6.45, 7) is 2.19. The third-order valence-corrected chi connectivity index (χ3v) is 5.78. The van der Waals surface area contributed by atoms with Gasteiger partial charge in [-0.25, -0.2) is 4.39 Å². The normalized spacial score (nSPS) is 14.0. The minimum absolute atomic E-state index is 0.0820. The van der Waals surface area contributed by atoms with Crippen LogP contribution in [0.2, 0.25) is 0 Å². The predicted molar refractivity (Wildman–Crippen MR) is 109 cm³/mol. The van der Waals surface area contributed by atoms with Gasteiger partial charge in [-0.05, 0) is 36.4 Å². The highest BCUT2D eigenvalue weighted by molar-refractivity contribution is 7.99. The number of benzene rings is 1. The van der Waals surface area contributed by atoms with E-state index < -0.39 is 0 Å². The molecule has 1 saturated heterocycles. The zero-order valence-electron chi connectivity index (χ0n) is 16.1. The Morgan fingerprint density at radius 2 is 1.97 bits per heavy atom. The van der Waals surface area contributed by atoms with Crippen molar-refractivity contribution in [2.75, 3.05) is 36.8 Å². The molecule has 4 rings (SSSR count). The van der Waals surface area contributed by atoms with Gasteiger partial charge in [-0.2, -0.15) is 10.2 Å². The summed E-state index contributed by atoms with van der Waals surface area (Å²) in [5, 5.41) is 9.39. The van der Waals surface area contributed by atoms with Crippen LogP contribution >= 0.6 is 11.8 Å². The van der Waals surface area contributed by atoms with E-state index in [0.717, 1.165) is 4.90 Å². The standard InChI is InChI=1S/C21H19FN4O3S/c22-15-3-5-16(6-4-15)30-13-7-19(27)25-8-10-26(11-9-25)21-17(14-23)24-20(29-21)18-2-1-12-28-18/h1-6,12H,7-11,13H2. The molecular formula is C21H19FN4O3S. The molecular weight excluding hydrogens is 407 g/mol. The Hall–Kier alpha value is -3.25. The van der Waals surface area contributed by atoms with Crippen LogP contribution in [-0.4, -0.2) is 47.7 Å². The quantitative estimate of drug-likeness (QED) is 0.555. The summed E-state index contributed by atoms with van der Waals surface area (Å²) >= 11 is 1.53. The van der Waals surface area contributed by atoms with Crippen LogP contribution in [0.5, 0.6) is 0 Å². The molecule has 154 valence electrons. The van der Waals surface area contributed by atoms with Crippen molar-refractivity contribution in [2.45, 2.75) is 11.3 Å². The molecule has 3 heterocycles. The van der Waals surface area contributed by atoms with Crippen LogP contribution in [0.15, 0.2) is 56.4 Å².